The number of hydrogen-bond donors (Lipinski definition) is 1. The highest BCUT2D eigenvalue weighted by Gasteiger charge is 2.24. The van der Waals surface area contributed by atoms with Gasteiger partial charge in [0.15, 0.2) is 5.16 Å². The third kappa shape index (κ3) is 4.53. The van der Waals surface area contributed by atoms with E-state index in [-0.39, 0.29) is 11.2 Å². The summed E-state index contributed by atoms with van der Waals surface area (Å²) in [5.74, 6) is 0.780. The fourth-order valence-electron chi connectivity index (χ4n) is 3.23. The lowest BCUT2D eigenvalue weighted by atomic mass is 9.95. The number of amides is 1. The Bertz CT molecular complexity index is 789. The number of rotatable bonds is 5. The summed E-state index contributed by atoms with van der Waals surface area (Å²) >= 11 is 13.5. The molecule has 3 rings (SSSR count). The molecule has 8 heteroatoms. The smallest absolute Gasteiger partial charge is 0.237 e. The number of nitrogens with one attached hydrogen (secondary N) is 1. The number of aromatic nitrogens is 3. The van der Waals surface area contributed by atoms with Gasteiger partial charge in [-0.1, -0.05) is 54.2 Å². The van der Waals surface area contributed by atoms with E-state index in [1.54, 1.807) is 18.2 Å². The molecule has 5 nitrogen and oxygen atoms in total. The molecule has 1 amide bonds. The quantitative estimate of drug-likeness (QED) is 0.656. The zero-order valence-corrected chi connectivity index (χ0v) is 17.2. The molecule has 26 heavy (non-hydrogen) atoms. The van der Waals surface area contributed by atoms with E-state index in [0.29, 0.717) is 21.8 Å². The zero-order valence-electron chi connectivity index (χ0n) is 14.8. The third-order valence-electron chi connectivity index (χ3n) is 4.62. The molecular formula is C18H22Cl2N4OS. The van der Waals surface area contributed by atoms with Gasteiger partial charge in [0.2, 0.25) is 5.91 Å². The van der Waals surface area contributed by atoms with Gasteiger partial charge in [-0.15, -0.1) is 10.2 Å². The first-order valence-electron chi connectivity index (χ1n) is 8.80. The highest BCUT2D eigenvalue weighted by Crippen LogP contribution is 2.34. The average molecular weight is 413 g/mol. The summed E-state index contributed by atoms with van der Waals surface area (Å²) < 4.78 is 2.20. The molecule has 1 heterocycles. The lowest BCUT2D eigenvalue weighted by molar-refractivity contribution is -0.115. The lowest BCUT2D eigenvalue weighted by Gasteiger charge is -2.25. The van der Waals surface area contributed by atoms with Gasteiger partial charge >= 0.3 is 0 Å². The van der Waals surface area contributed by atoms with Crippen molar-refractivity contribution in [1.82, 2.24) is 14.8 Å². The van der Waals surface area contributed by atoms with Crippen LogP contribution >= 0.6 is 35.0 Å². The number of carbonyl (C=O) groups excluding carboxylic acids is 1. The molecule has 1 N–H and O–H groups in total. The van der Waals surface area contributed by atoms with E-state index in [0.717, 1.165) is 23.8 Å². The maximum atomic E-state index is 12.6. The SMILES string of the molecule is Cc1nnc(SC(C)C(=O)Nc2ccc(Cl)cc2Cl)n1C1CCCCC1. The zero-order chi connectivity index (χ0) is 18.7. The molecule has 1 aliphatic carbocycles. The summed E-state index contributed by atoms with van der Waals surface area (Å²) in [4.78, 5) is 12.6. The van der Waals surface area contributed by atoms with Gasteiger partial charge in [0.1, 0.15) is 5.82 Å². The molecule has 1 saturated carbocycles. The van der Waals surface area contributed by atoms with Gasteiger partial charge in [-0.3, -0.25) is 4.79 Å². The number of thioether (sulfide) groups is 1. The van der Waals surface area contributed by atoms with E-state index in [1.807, 2.05) is 13.8 Å². The third-order valence-corrected chi connectivity index (χ3v) is 6.22. The van der Waals surface area contributed by atoms with Crippen LogP contribution in [0.1, 0.15) is 50.9 Å². The Labute approximate surface area is 167 Å². The Balaban J connectivity index is 1.69. The summed E-state index contributed by atoms with van der Waals surface area (Å²) in [5, 5.41) is 12.8. The summed E-state index contributed by atoms with van der Waals surface area (Å²) in [7, 11) is 0. The Hall–Kier alpha value is -1.24. The van der Waals surface area contributed by atoms with Crippen molar-refractivity contribution in [3.63, 3.8) is 0 Å². The lowest BCUT2D eigenvalue weighted by Crippen LogP contribution is -2.23. The second kappa shape index (κ2) is 8.63. The van der Waals surface area contributed by atoms with Crippen molar-refractivity contribution in [3.05, 3.63) is 34.1 Å². The molecule has 1 aromatic heterocycles. The number of halogens is 2. The van der Waals surface area contributed by atoms with Crippen LogP contribution < -0.4 is 5.32 Å². The van der Waals surface area contributed by atoms with Gasteiger partial charge in [0.05, 0.1) is 16.0 Å². The van der Waals surface area contributed by atoms with Gasteiger partial charge in [-0.25, -0.2) is 0 Å². The highest BCUT2D eigenvalue weighted by molar-refractivity contribution is 8.00. The topological polar surface area (TPSA) is 59.8 Å². The molecule has 1 aliphatic rings. The van der Waals surface area contributed by atoms with Crippen LogP contribution in [0.3, 0.4) is 0 Å². The van der Waals surface area contributed by atoms with Crippen LogP contribution in [0.25, 0.3) is 0 Å². The number of aryl methyl sites for hydroxylation is 1. The molecule has 1 atom stereocenters. The predicted molar refractivity (Wildman–Crippen MR) is 107 cm³/mol. The Morgan fingerprint density at radius 2 is 2.00 bits per heavy atom. The number of benzene rings is 1. The van der Waals surface area contributed by atoms with E-state index in [1.165, 1.54) is 31.0 Å². The number of carbonyl (C=O) groups is 1. The molecule has 0 radical (unpaired) electrons. The van der Waals surface area contributed by atoms with Gasteiger partial charge in [0, 0.05) is 11.1 Å². The first kappa shape index (κ1) is 19.5. The van der Waals surface area contributed by atoms with Crippen LogP contribution in [0.2, 0.25) is 10.0 Å². The minimum atomic E-state index is -0.326. The second-order valence-corrected chi connectivity index (χ2v) is 8.72. The van der Waals surface area contributed by atoms with Crippen LogP contribution in [-0.4, -0.2) is 25.9 Å². The van der Waals surface area contributed by atoms with Gasteiger partial charge in [-0.2, -0.15) is 0 Å². The van der Waals surface area contributed by atoms with E-state index in [4.69, 9.17) is 23.2 Å². The van der Waals surface area contributed by atoms with E-state index < -0.39 is 0 Å². The largest absolute Gasteiger partial charge is 0.324 e. The molecule has 1 fully saturated rings. The van der Waals surface area contributed by atoms with Crippen molar-refractivity contribution in [3.8, 4) is 0 Å². The van der Waals surface area contributed by atoms with Crippen molar-refractivity contribution in [1.29, 1.82) is 0 Å². The standard InChI is InChI=1S/C18H22Cl2N4OS/c1-11(17(25)21-16-9-8-13(19)10-15(16)20)26-18-23-22-12(2)24(18)14-6-4-3-5-7-14/h8-11,14H,3-7H2,1-2H3,(H,21,25). The monoisotopic (exact) mass is 412 g/mol. The van der Waals surface area contributed by atoms with Crippen molar-refractivity contribution in [2.24, 2.45) is 0 Å². The molecule has 1 aromatic carbocycles. The van der Waals surface area contributed by atoms with Crippen molar-refractivity contribution in [2.75, 3.05) is 5.32 Å². The molecule has 0 spiro atoms. The number of anilines is 1. The van der Waals surface area contributed by atoms with Gasteiger partial charge < -0.3 is 9.88 Å². The van der Waals surface area contributed by atoms with Crippen molar-refractivity contribution in [2.45, 2.75) is 62.4 Å². The van der Waals surface area contributed by atoms with Crippen LogP contribution in [0.15, 0.2) is 23.4 Å². The molecule has 0 bridgehead atoms. The molecule has 0 saturated heterocycles. The summed E-state index contributed by atoms with van der Waals surface area (Å²) in [6.45, 7) is 3.84. The summed E-state index contributed by atoms with van der Waals surface area (Å²) in [6, 6.07) is 5.44. The predicted octanol–water partition coefficient (Wildman–Crippen LogP) is 5.52. The fraction of sp³-hybridized carbons (Fsp3) is 0.500. The minimum absolute atomic E-state index is 0.130. The van der Waals surface area contributed by atoms with E-state index >= 15 is 0 Å². The highest BCUT2D eigenvalue weighted by atomic mass is 35.5. The number of hydrogen-bond acceptors (Lipinski definition) is 4. The number of nitrogens with zero attached hydrogens (tertiary/aromatic N) is 3. The molecule has 2 aromatic rings. The second-order valence-electron chi connectivity index (χ2n) is 6.57. The first-order chi connectivity index (χ1) is 12.5. The molecule has 140 valence electrons. The Kier molecular flexibility index (Phi) is 6.48. The average Bonchev–Trinajstić information content (AvgIpc) is 2.98. The first-order valence-corrected chi connectivity index (χ1v) is 10.4. The van der Waals surface area contributed by atoms with E-state index in [9.17, 15) is 4.79 Å². The molecule has 0 aliphatic heterocycles. The maximum absolute atomic E-state index is 12.6. The van der Waals surface area contributed by atoms with Crippen LogP contribution in [-0.2, 0) is 4.79 Å². The van der Waals surface area contributed by atoms with Crippen molar-refractivity contribution < 1.29 is 4.79 Å². The Morgan fingerprint density at radius 3 is 2.69 bits per heavy atom. The normalized spacial score (nSPS) is 16.5. The van der Waals surface area contributed by atoms with E-state index in [2.05, 4.69) is 20.1 Å². The maximum Gasteiger partial charge on any atom is 0.237 e. The summed E-state index contributed by atoms with van der Waals surface area (Å²) in [5.41, 5.74) is 0.554. The summed E-state index contributed by atoms with van der Waals surface area (Å²) in [6.07, 6.45) is 6.05. The Morgan fingerprint density at radius 1 is 1.27 bits per heavy atom. The van der Waals surface area contributed by atoms with Gasteiger partial charge in [-0.05, 0) is 44.9 Å². The van der Waals surface area contributed by atoms with Crippen LogP contribution in [0.4, 0.5) is 5.69 Å². The fourth-order valence-corrected chi connectivity index (χ4v) is 4.65. The minimum Gasteiger partial charge on any atom is -0.324 e. The van der Waals surface area contributed by atoms with Crippen LogP contribution in [0, 0.1) is 6.92 Å². The molecular weight excluding hydrogens is 391 g/mol. The molecule has 1 unspecified atom stereocenters. The van der Waals surface area contributed by atoms with Gasteiger partial charge in [0.25, 0.3) is 0 Å². The van der Waals surface area contributed by atoms with Crippen LogP contribution in [0.5, 0.6) is 0 Å². The van der Waals surface area contributed by atoms with Crippen molar-refractivity contribution >= 4 is 46.6 Å².